The predicted molar refractivity (Wildman–Crippen MR) is 111 cm³/mol. The van der Waals surface area contributed by atoms with Gasteiger partial charge in [0.05, 0.1) is 12.4 Å². The maximum Gasteiger partial charge on any atom is 0.0852 e. The Morgan fingerprint density at radius 3 is 2.00 bits per heavy atom. The molecule has 0 bridgehead atoms. The van der Waals surface area contributed by atoms with E-state index in [1.54, 1.807) is 0 Å². The van der Waals surface area contributed by atoms with Gasteiger partial charge in [0.15, 0.2) is 0 Å². The molecule has 128 valence electrons. The number of benzene rings is 2. The molecule has 0 fully saturated rings. The first-order chi connectivity index (χ1) is 12.2. The van der Waals surface area contributed by atoms with Crippen LogP contribution >= 0.6 is 7.92 Å². The summed E-state index contributed by atoms with van der Waals surface area (Å²) in [6.07, 6.45) is 7.65. The molecule has 25 heavy (non-hydrogen) atoms. The zero-order valence-electron chi connectivity index (χ0n) is 15.1. The fraction of sp³-hybridized carbons (Fsp3) is 0.227. The summed E-state index contributed by atoms with van der Waals surface area (Å²) in [6, 6.07) is 21.9. The second-order valence-electron chi connectivity index (χ2n) is 6.40. The van der Waals surface area contributed by atoms with Crippen LogP contribution in [-0.4, -0.2) is 31.4 Å². The highest BCUT2D eigenvalue weighted by Crippen LogP contribution is 2.49. The molecule has 1 atom stereocenters. The van der Waals surface area contributed by atoms with Gasteiger partial charge in [-0.3, -0.25) is 4.99 Å². The molecule has 2 nitrogen and oxygen atoms in total. The molecule has 0 spiro atoms. The molecule has 0 radical (unpaired) electrons. The quantitative estimate of drug-likeness (QED) is 0.431. The average molecular weight is 348 g/mol. The number of rotatable bonds is 6. The van der Waals surface area contributed by atoms with Crippen LogP contribution in [0.15, 0.2) is 88.7 Å². The minimum Gasteiger partial charge on any atom is -0.369 e. The van der Waals surface area contributed by atoms with E-state index in [-0.39, 0.29) is 6.04 Å². The first-order valence-electron chi connectivity index (χ1n) is 8.67. The van der Waals surface area contributed by atoms with Crippen molar-refractivity contribution in [2.24, 2.45) is 4.99 Å². The van der Waals surface area contributed by atoms with Gasteiger partial charge in [0.25, 0.3) is 0 Å². The molecule has 0 unspecified atom stereocenters. The van der Waals surface area contributed by atoms with E-state index in [4.69, 9.17) is 4.99 Å². The Morgan fingerprint density at radius 2 is 1.48 bits per heavy atom. The third kappa shape index (κ3) is 4.27. The molecule has 1 aliphatic carbocycles. The monoisotopic (exact) mass is 348 g/mol. The Hall–Kier alpha value is -2.18. The van der Waals surface area contributed by atoms with Crippen molar-refractivity contribution in [1.82, 2.24) is 4.90 Å². The molecular weight excluding hydrogens is 323 g/mol. The molecular formula is C22H25N2P. The van der Waals surface area contributed by atoms with Gasteiger partial charge in [-0.2, -0.15) is 0 Å². The fourth-order valence-corrected chi connectivity index (χ4v) is 5.64. The van der Waals surface area contributed by atoms with Crippen LogP contribution < -0.4 is 10.6 Å². The van der Waals surface area contributed by atoms with E-state index >= 15 is 0 Å². The highest BCUT2D eigenvalue weighted by molar-refractivity contribution is 7.77. The van der Waals surface area contributed by atoms with Crippen molar-refractivity contribution in [1.29, 1.82) is 0 Å². The number of hydrogen-bond donors (Lipinski definition) is 0. The second-order valence-corrected chi connectivity index (χ2v) is 8.58. The molecule has 0 aliphatic heterocycles. The lowest BCUT2D eigenvalue weighted by molar-refractivity contribution is 0.634. The van der Waals surface area contributed by atoms with E-state index in [1.807, 2.05) is 25.3 Å². The van der Waals surface area contributed by atoms with E-state index in [1.165, 1.54) is 21.5 Å². The number of aliphatic imine (C=N–C) groups is 1. The van der Waals surface area contributed by atoms with Crippen molar-refractivity contribution in [3.8, 4) is 0 Å². The van der Waals surface area contributed by atoms with Crippen molar-refractivity contribution in [3.63, 3.8) is 0 Å². The summed E-state index contributed by atoms with van der Waals surface area (Å²) in [6.45, 7) is 2.19. The Balaban J connectivity index is 1.98. The van der Waals surface area contributed by atoms with Crippen LogP contribution in [0.3, 0.4) is 0 Å². The summed E-state index contributed by atoms with van der Waals surface area (Å²) >= 11 is 0. The van der Waals surface area contributed by atoms with Gasteiger partial charge in [-0.25, -0.2) is 0 Å². The first kappa shape index (κ1) is 17.6. The predicted octanol–water partition coefficient (Wildman–Crippen LogP) is 4.31. The van der Waals surface area contributed by atoms with Crippen molar-refractivity contribution < 1.29 is 0 Å². The second kappa shape index (κ2) is 8.27. The SMILES string of the molecule is C[C@@H](N=CN(C)C)C1=CCC=C1P(c1ccccc1)c1ccccc1. The normalized spacial score (nSPS) is 15.4. The van der Waals surface area contributed by atoms with E-state index in [2.05, 4.69) is 79.7 Å². The number of allylic oxidation sites excluding steroid dienone is 2. The Bertz CT molecular complexity index is 737. The molecule has 0 saturated carbocycles. The zero-order valence-corrected chi connectivity index (χ0v) is 16.0. The van der Waals surface area contributed by atoms with Crippen molar-refractivity contribution in [3.05, 3.63) is 83.7 Å². The Kier molecular flexibility index (Phi) is 5.83. The third-order valence-electron chi connectivity index (χ3n) is 4.19. The molecule has 0 heterocycles. The van der Waals surface area contributed by atoms with Gasteiger partial charge in [-0.15, -0.1) is 0 Å². The molecule has 0 saturated heterocycles. The number of nitrogens with zero attached hydrogens (tertiary/aromatic N) is 2. The largest absolute Gasteiger partial charge is 0.369 e. The van der Waals surface area contributed by atoms with Crippen molar-refractivity contribution in [2.75, 3.05) is 14.1 Å². The summed E-state index contributed by atoms with van der Waals surface area (Å²) in [7, 11) is 3.48. The van der Waals surface area contributed by atoms with Crippen molar-refractivity contribution >= 4 is 24.9 Å². The van der Waals surface area contributed by atoms with Crippen LogP contribution in [0.25, 0.3) is 0 Å². The lowest BCUT2D eigenvalue weighted by Gasteiger charge is -2.24. The Labute approximate surface area is 152 Å². The number of hydrogen-bond acceptors (Lipinski definition) is 1. The van der Waals surface area contributed by atoms with Crippen LogP contribution in [0.5, 0.6) is 0 Å². The van der Waals surface area contributed by atoms with E-state index in [9.17, 15) is 0 Å². The minimum atomic E-state index is -0.544. The standard InChI is InChI=1S/C22H25N2P/c1-18(23-17-24(2)3)21-15-10-16-22(21)25(19-11-6-4-7-12-19)20-13-8-5-9-14-20/h4-9,11-18H,10H2,1-3H3/t18-/m1/s1. The van der Waals surface area contributed by atoms with Gasteiger partial charge in [0.2, 0.25) is 0 Å². The molecule has 0 amide bonds. The fourth-order valence-electron chi connectivity index (χ4n) is 3.02. The molecule has 1 aliphatic rings. The van der Waals surface area contributed by atoms with Gasteiger partial charge in [-0.05, 0) is 42.8 Å². The van der Waals surface area contributed by atoms with Crippen LogP contribution in [0.4, 0.5) is 0 Å². The zero-order chi connectivity index (χ0) is 17.6. The summed E-state index contributed by atoms with van der Waals surface area (Å²) in [4.78, 5) is 6.72. The summed E-state index contributed by atoms with van der Waals surface area (Å²) in [5, 5.41) is 4.24. The van der Waals surface area contributed by atoms with E-state index in [0.29, 0.717) is 0 Å². The smallest absolute Gasteiger partial charge is 0.0852 e. The van der Waals surface area contributed by atoms with E-state index in [0.717, 1.165) is 6.42 Å². The summed E-state index contributed by atoms with van der Waals surface area (Å²) in [5.41, 5.74) is 1.37. The third-order valence-corrected chi connectivity index (χ3v) is 6.74. The van der Waals surface area contributed by atoms with Crippen LogP contribution in [0, 0.1) is 0 Å². The van der Waals surface area contributed by atoms with Crippen LogP contribution in [-0.2, 0) is 0 Å². The molecule has 0 N–H and O–H groups in total. The molecule has 3 rings (SSSR count). The maximum atomic E-state index is 4.73. The first-order valence-corrected chi connectivity index (χ1v) is 10.0. The van der Waals surface area contributed by atoms with Gasteiger partial charge < -0.3 is 4.90 Å². The molecule has 0 aromatic heterocycles. The summed E-state index contributed by atoms with van der Waals surface area (Å²) in [5.74, 6) is 0. The van der Waals surface area contributed by atoms with Crippen molar-refractivity contribution in [2.45, 2.75) is 19.4 Å². The highest BCUT2D eigenvalue weighted by Gasteiger charge is 2.26. The van der Waals surface area contributed by atoms with E-state index < -0.39 is 7.92 Å². The molecule has 2 aromatic carbocycles. The topological polar surface area (TPSA) is 15.6 Å². The lowest BCUT2D eigenvalue weighted by Crippen LogP contribution is -2.17. The van der Waals surface area contributed by atoms with Crippen LogP contribution in [0.2, 0.25) is 0 Å². The minimum absolute atomic E-state index is 0.175. The Morgan fingerprint density at radius 1 is 0.920 bits per heavy atom. The molecule has 3 heteroatoms. The van der Waals surface area contributed by atoms with Gasteiger partial charge in [0.1, 0.15) is 0 Å². The molecule has 2 aromatic rings. The lowest BCUT2D eigenvalue weighted by atomic mass is 10.1. The van der Waals surface area contributed by atoms with Gasteiger partial charge in [-0.1, -0.05) is 72.8 Å². The highest BCUT2D eigenvalue weighted by atomic mass is 31.1. The van der Waals surface area contributed by atoms with Crippen LogP contribution in [0.1, 0.15) is 13.3 Å². The van der Waals surface area contributed by atoms with Gasteiger partial charge >= 0.3 is 0 Å². The average Bonchev–Trinajstić information content (AvgIpc) is 3.11. The maximum absolute atomic E-state index is 4.73. The summed E-state index contributed by atoms with van der Waals surface area (Å²) < 4.78 is 0. The van der Waals surface area contributed by atoms with Gasteiger partial charge in [0, 0.05) is 14.1 Å².